The number of nitrogens with one attached hydrogen (secondary N) is 1. The van der Waals surface area contributed by atoms with Crippen molar-refractivity contribution in [2.24, 2.45) is 17.8 Å². The van der Waals surface area contributed by atoms with Gasteiger partial charge in [0.2, 0.25) is 5.91 Å². The van der Waals surface area contributed by atoms with Crippen molar-refractivity contribution in [2.75, 3.05) is 0 Å². The maximum atomic E-state index is 13.3. The summed E-state index contributed by atoms with van der Waals surface area (Å²) in [7, 11) is 0. The Hall–Kier alpha value is -2.29. The monoisotopic (exact) mass is 347 g/mol. The van der Waals surface area contributed by atoms with Gasteiger partial charge >= 0.3 is 0 Å². The normalized spacial score (nSPS) is 27.3. The molecular weight excluding hydrogens is 322 g/mol. The number of carbonyl (C=O) groups is 1. The molecule has 0 aromatic heterocycles. The van der Waals surface area contributed by atoms with E-state index in [0.717, 1.165) is 34.5 Å². The molecule has 1 N–H and O–H groups in total. The largest absolute Gasteiger partial charge is 0.457 e. The predicted octanol–water partition coefficient (Wildman–Crippen LogP) is 4.87. The average molecular weight is 347 g/mol. The van der Waals surface area contributed by atoms with E-state index in [9.17, 15) is 4.79 Å². The number of fused-ring (bicyclic) bond motifs is 4. The van der Waals surface area contributed by atoms with Crippen LogP contribution in [0, 0.1) is 17.8 Å². The molecule has 3 aliphatic rings. The third kappa shape index (κ3) is 2.53. The van der Waals surface area contributed by atoms with E-state index in [1.165, 1.54) is 25.7 Å². The van der Waals surface area contributed by atoms with Gasteiger partial charge in [-0.1, -0.05) is 42.8 Å². The van der Waals surface area contributed by atoms with Crippen LogP contribution in [-0.2, 0) is 4.79 Å². The van der Waals surface area contributed by atoms with Gasteiger partial charge in [0.15, 0.2) is 0 Å². The van der Waals surface area contributed by atoms with Crippen LogP contribution < -0.4 is 10.1 Å². The van der Waals surface area contributed by atoms with Gasteiger partial charge in [0, 0.05) is 17.2 Å². The first-order valence-corrected chi connectivity index (χ1v) is 9.87. The Morgan fingerprint density at radius 3 is 2.23 bits per heavy atom. The van der Waals surface area contributed by atoms with Crippen molar-refractivity contribution in [2.45, 2.75) is 44.6 Å². The smallest absolute Gasteiger partial charge is 0.232 e. The SMILES string of the molecule is C[C@H](NC(=O)C1c2ccccc2Oc2ccccc21)[C@@H]1C[C@H]2CC[C@H]1C2. The summed E-state index contributed by atoms with van der Waals surface area (Å²) < 4.78 is 6.02. The lowest BCUT2D eigenvalue weighted by molar-refractivity contribution is -0.122. The maximum absolute atomic E-state index is 13.3. The van der Waals surface area contributed by atoms with Crippen LogP contribution in [0.3, 0.4) is 0 Å². The molecule has 4 atom stereocenters. The van der Waals surface area contributed by atoms with E-state index in [-0.39, 0.29) is 17.9 Å². The van der Waals surface area contributed by atoms with Gasteiger partial charge in [-0.15, -0.1) is 0 Å². The van der Waals surface area contributed by atoms with E-state index in [1.54, 1.807) is 0 Å². The van der Waals surface area contributed by atoms with Crippen LogP contribution in [0.4, 0.5) is 0 Å². The minimum Gasteiger partial charge on any atom is -0.457 e. The molecule has 1 amide bonds. The summed E-state index contributed by atoms with van der Waals surface area (Å²) in [6.45, 7) is 2.19. The van der Waals surface area contributed by atoms with Gasteiger partial charge in [0.1, 0.15) is 11.5 Å². The van der Waals surface area contributed by atoms with Crippen molar-refractivity contribution in [1.29, 1.82) is 0 Å². The summed E-state index contributed by atoms with van der Waals surface area (Å²) in [6, 6.07) is 16.0. The summed E-state index contributed by atoms with van der Waals surface area (Å²) in [4.78, 5) is 13.3. The molecule has 2 saturated carbocycles. The van der Waals surface area contributed by atoms with Crippen molar-refractivity contribution in [3.63, 3.8) is 0 Å². The van der Waals surface area contributed by atoms with Crippen LogP contribution in [0.25, 0.3) is 0 Å². The van der Waals surface area contributed by atoms with E-state index in [4.69, 9.17) is 4.74 Å². The summed E-state index contributed by atoms with van der Waals surface area (Å²) in [5, 5.41) is 3.36. The maximum Gasteiger partial charge on any atom is 0.232 e. The molecule has 2 fully saturated rings. The van der Waals surface area contributed by atoms with Gasteiger partial charge < -0.3 is 10.1 Å². The number of hydrogen-bond acceptors (Lipinski definition) is 2. The highest BCUT2D eigenvalue weighted by Crippen LogP contribution is 2.50. The molecule has 0 radical (unpaired) electrons. The zero-order chi connectivity index (χ0) is 17.7. The Balaban J connectivity index is 1.43. The second-order valence-corrected chi connectivity index (χ2v) is 8.25. The van der Waals surface area contributed by atoms with Gasteiger partial charge in [-0.2, -0.15) is 0 Å². The summed E-state index contributed by atoms with van der Waals surface area (Å²) in [6.07, 6.45) is 5.39. The average Bonchev–Trinajstić information content (AvgIpc) is 3.29. The van der Waals surface area contributed by atoms with E-state index in [2.05, 4.69) is 12.2 Å². The van der Waals surface area contributed by atoms with Crippen molar-refractivity contribution in [3.05, 3.63) is 59.7 Å². The fourth-order valence-electron chi connectivity index (χ4n) is 5.51. The van der Waals surface area contributed by atoms with E-state index in [0.29, 0.717) is 5.92 Å². The Morgan fingerprint density at radius 1 is 1.00 bits per heavy atom. The van der Waals surface area contributed by atoms with E-state index < -0.39 is 0 Å². The fourth-order valence-corrected chi connectivity index (χ4v) is 5.51. The molecule has 0 spiro atoms. The standard InChI is InChI=1S/C23H25NO2/c1-14(19-13-15-10-11-16(19)12-15)24-23(25)22-17-6-2-4-8-20(17)26-21-9-5-3-7-18(21)22/h2-9,14-16,19,22H,10-13H2,1H3,(H,24,25)/t14-,15-,16-,19-/m0/s1. The third-order valence-corrected chi connectivity index (χ3v) is 6.75. The van der Waals surface area contributed by atoms with Crippen molar-refractivity contribution in [3.8, 4) is 11.5 Å². The molecule has 1 heterocycles. The van der Waals surface area contributed by atoms with Crippen molar-refractivity contribution < 1.29 is 9.53 Å². The van der Waals surface area contributed by atoms with Gasteiger partial charge in [-0.05, 0) is 56.1 Å². The molecule has 2 bridgehead atoms. The van der Waals surface area contributed by atoms with Gasteiger partial charge in [-0.25, -0.2) is 0 Å². The lowest BCUT2D eigenvalue weighted by Crippen LogP contribution is -2.43. The first-order valence-electron chi connectivity index (χ1n) is 9.87. The Bertz CT molecular complexity index is 800. The molecule has 2 aliphatic carbocycles. The highest BCUT2D eigenvalue weighted by atomic mass is 16.5. The second-order valence-electron chi connectivity index (χ2n) is 8.25. The fraction of sp³-hybridized carbons (Fsp3) is 0.435. The lowest BCUT2D eigenvalue weighted by atomic mass is 9.83. The lowest BCUT2D eigenvalue weighted by Gasteiger charge is -2.32. The van der Waals surface area contributed by atoms with E-state index >= 15 is 0 Å². The summed E-state index contributed by atoms with van der Waals surface area (Å²) >= 11 is 0. The topological polar surface area (TPSA) is 38.3 Å². The zero-order valence-electron chi connectivity index (χ0n) is 15.2. The minimum absolute atomic E-state index is 0.100. The molecule has 2 aromatic carbocycles. The number of rotatable bonds is 3. The zero-order valence-corrected chi connectivity index (χ0v) is 15.2. The highest BCUT2D eigenvalue weighted by Gasteiger charge is 2.43. The number of hydrogen-bond donors (Lipinski definition) is 1. The first kappa shape index (κ1) is 15.9. The Kier molecular flexibility index (Phi) is 3.77. The van der Waals surface area contributed by atoms with Gasteiger partial charge in [-0.3, -0.25) is 4.79 Å². The molecule has 3 heteroatoms. The molecule has 0 saturated heterocycles. The first-order chi connectivity index (χ1) is 12.7. The predicted molar refractivity (Wildman–Crippen MR) is 101 cm³/mol. The van der Waals surface area contributed by atoms with Crippen LogP contribution in [0.15, 0.2) is 48.5 Å². The van der Waals surface area contributed by atoms with Crippen LogP contribution in [0.5, 0.6) is 11.5 Å². The van der Waals surface area contributed by atoms with Crippen molar-refractivity contribution >= 4 is 5.91 Å². The number of carbonyl (C=O) groups excluding carboxylic acids is 1. The highest BCUT2D eigenvalue weighted by molar-refractivity contribution is 5.89. The summed E-state index contributed by atoms with van der Waals surface area (Å²) in [5.41, 5.74) is 1.92. The number of ether oxygens (including phenoxy) is 1. The van der Waals surface area contributed by atoms with Crippen LogP contribution in [0.1, 0.15) is 49.7 Å². The van der Waals surface area contributed by atoms with E-state index in [1.807, 2.05) is 48.5 Å². The molecule has 134 valence electrons. The molecule has 2 aromatic rings. The quantitative estimate of drug-likeness (QED) is 0.860. The number of amides is 1. The molecule has 3 nitrogen and oxygen atoms in total. The second kappa shape index (κ2) is 6.15. The molecule has 0 unspecified atom stereocenters. The van der Waals surface area contributed by atoms with Crippen LogP contribution >= 0.6 is 0 Å². The molecular formula is C23H25NO2. The molecule has 5 rings (SSSR count). The molecule has 1 aliphatic heterocycles. The third-order valence-electron chi connectivity index (χ3n) is 6.75. The number of benzene rings is 2. The number of para-hydroxylation sites is 2. The Labute approximate surface area is 154 Å². The molecule has 26 heavy (non-hydrogen) atoms. The van der Waals surface area contributed by atoms with Crippen LogP contribution in [-0.4, -0.2) is 11.9 Å². The van der Waals surface area contributed by atoms with Crippen molar-refractivity contribution in [1.82, 2.24) is 5.32 Å². The Morgan fingerprint density at radius 2 is 1.65 bits per heavy atom. The van der Waals surface area contributed by atoms with Gasteiger partial charge in [0.25, 0.3) is 0 Å². The summed E-state index contributed by atoms with van der Waals surface area (Å²) in [5.74, 6) is 3.74. The van der Waals surface area contributed by atoms with Crippen LogP contribution in [0.2, 0.25) is 0 Å². The minimum atomic E-state index is -0.294. The van der Waals surface area contributed by atoms with Gasteiger partial charge in [0.05, 0.1) is 5.92 Å².